The summed E-state index contributed by atoms with van der Waals surface area (Å²) in [4.78, 5) is 11.8. The van der Waals surface area contributed by atoms with Gasteiger partial charge in [-0.15, -0.1) is 0 Å². The quantitative estimate of drug-likeness (QED) is 0.831. The lowest BCUT2D eigenvalue weighted by atomic mass is 9.87. The maximum Gasteiger partial charge on any atom is 0.408 e. The summed E-state index contributed by atoms with van der Waals surface area (Å²) in [6, 6.07) is 0. The summed E-state index contributed by atoms with van der Waals surface area (Å²) in [5, 5.41) is 2.41. The van der Waals surface area contributed by atoms with Gasteiger partial charge in [-0.05, 0) is 40.2 Å². The van der Waals surface area contributed by atoms with Gasteiger partial charge < -0.3 is 15.8 Å². The predicted octanol–water partition coefficient (Wildman–Crippen LogP) is 2.81. The first kappa shape index (κ1) is 16.1. The van der Waals surface area contributed by atoms with Gasteiger partial charge in [-0.3, -0.25) is 0 Å². The second kappa shape index (κ2) is 5.61. The van der Waals surface area contributed by atoms with E-state index in [2.05, 4.69) is 5.32 Å². The van der Waals surface area contributed by atoms with Crippen LogP contribution in [0.2, 0.25) is 0 Å². The average Bonchev–Trinajstić information content (AvgIpc) is 2.64. The van der Waals surface area contributed by atoms with Crippen LogP contribution in [0.3, 0.4) is 0 Å². The van der Waals surface area contributed by atoms with Crippen LogP contribution in [0.5, 0.6) is 0 Å². The highest BCUT2D eigenvalue weighted by atomic mass is 19.3. The lowest BCUT2D eigenvalue weighted by Crippen LogP contribution is -2.60. The van der Waals surface area contributed by atoms with Crippen molar-refractivity contribution in [3.8, 4) is 0 Å². The van der Waals surface area contributed by atoms with Crippen molar-refractivity contribution in [3.63, 3.8) is 0 Å². The largest absolute Gasteiger partial charge is 0.444 e. The number of carbonyl (C=O) groups is 1. The molecule has 1 amide bonds. The Bertz CT molecular complexity index is 321. The molecule has 1 aliphatic rings. The molecule has 0 saturated heterocycles. The smallest absolute Gasteiger partial charge is 0.408 e. The van der Waals surface area contributed by atoms with Crippen LogP contribution >= 0.6 is 0 Å². The van der Waals surface area contributed by atoms with Crippen molar-refractivity contribution in [1.29, 1.82) is 0 Å². The van der Waals surface area contributed by atoms with Crippen LogP contribution in [0.1, 0.15) is 52.9 Å². The van der Waals surface area contributed by atoms with Crippen LogP contribution < -0.4 is 11.1 Å². The van der Waals surface area contributed by atoms with Crippen LogP contribution in [-0.2, 0) is 4.74 Å². The molecule has 0 aromatic carbocycles. The molecule has 19 heavy (non-hydrogen) atoms. The minimum atomic E-state index is -3.00. The average molecular weight is 278 g/mol. The second-order valence-electron chi connectivity index (χ2n) is 6.16. The highest BCUT2D eigenvalue weighted by Gasteiger charge is 2.55. The molecular formula is C13H24F2N2O2. The molecule has 4 nitrogen and oxygen atoms in total. The maximum atomic E-state index is 14.2. The van der Waals surface area contributed by atoms with Crippen LogP contribution in [0, 0.1) is 0 Å². The number of alkyl halides is 2. The highest BCUT2D eigenvalue weighted by Crippen LogP contribution is 2.43. The van der Waals surface area contributed by atoms with Crippen molar-refractivity contribution in [2.24, 2.45) is 5.73 Å². The number of carbonyl (C=O) groups excluding carboxylic acids is 1. The molecule has 1 saturated carbocycles. The van der Waals surface area contributed by atoms with Gasteiger partial charge in [0.1, 0.15) is 11.1 Å². The van der Waals surface area contributed by atoms with E-state index in [0.29, 0.717) is 12.8 Å². The molecule has 0 aromatic heterocycles. The molecular weight excluding hydrogens is 254 g/mol. The lowest BCUT2D eigenvalue weighted by molar-refractivity contribution is -0.0932. The first-order valence-corrected chi connectivity index (χ1v) is 6.71. The summed E-state index contributed by atoms with van der Waals surface area (Å²) in [5.41, 5.74) is 3.04. The van der Waals surface area contributed by atoms with Crippen LogP contribution in [0.25, 0.3) is 0 Å². The van der Waals surface area contributed by atoms with Gasteiger partial charge in [0.25, 0.3) is 5.92 Å². The summed E-state index contributed by atoms with van der Waals surface area (Å²) < 4.78 is 33.5. The summed E-state index contributed by atoms with van der Waals surface area (Å²) in [7, 11) is 0. The lowest BCUT2D eigenvalue weighted by Gasteiger charge is -2.38. The number of halogens is 2. The standard InChI is InChI=1S/C13H24F2N2O2/c1-11(2,3)19-10(18)17-12(6-4-5-7-12)13(14,15)8-9-16/h4-9,16H2,1-3H3,(H,17,18). The van der Waals surface area contributed by atoms with Crippen LogP contribution in [0.4, 0.5) is 13.6 Å². The Hall–Kier alpha value is -0.910. The fraction of sp³-hybridized carbons (Fsp3) is 0.923. The van der Waals surface area contributed by atoms with E-state index >= 15 is 0 Å². The van der Waals surface area contributed by atoms with E-state index < -0.39 is 29.6 Å². The molecule has 0 unspecified atom stereocenters. The van der Waals surface area contributed by atoms with Crippen molar-refractivity contribution in [2.45, 2.75) is 69.9 Å². The molecule has 0 aromatic rings. The molecule has 0 atom stereocenters. The Balaban J connectivity index is 2.80. The third-order valence-electron chi connectivity index (χ3n) is 3.36. The Kier molecular flexibility index (Phi) is 4.76. The third kappa shape index (κ3) is 4.03. The van der Waals surface area contributed by atoms with Gasteiger partial charge >= 0.3 is 6.09 Å². The number of alkyl carbamates (subject to hydrolysis) is 1. The zero-order chi connectivity index (χ0) is 14.7. The van der Waals surface area contributed by atoms with Crippen molar-refractivity contribution >= 4 is 6.09 Å². The molecule has 0 aliphatic heterocycles. The minimum Gasteiger partial charge on any atom is -0.444 e. The summed E-state index contributed by atoms with van der Waals surface area (Å²) >= 11 is 0. The Morgan fingerprint density at radius 2 is 1.84 bits per heavy atom. The first-order valence-electron chi connectivity index (χ1n) is 6.71. The van der Waals surface area contributed by atoms with Crippen molar-refractivity contribution in [2.75, 3.05) is 6.54 Å². The Morgan fingerprint density at radius 3 is 2.26 bits per heavy atom. The van der Waals surface area contributed by atoms with E-state index in [1.165, 1.54) is 0 Å². The number of hydrogen-bond donors (Lipinski definition) is 2. The van der Waals surface area contributed by atoms with Crippen molar-refractivity contribution < 1.29 is 18.3 Å². The van der Waals surface area contributed by atoms with E-state index in [1.807, 2.05) is 0 Å². The zero-order valence-electron chi connectivity index (χ0n) is 11.9. The summed E-state index contributed by atoms with van der Waals surface area (Å²) in [6.45, 7) is 4.99. The van der Waals surface area contributed by atoms with Crippen molar-refractivity contribution in [1.82, 2.24) is 5.32 Å². The number of ether oxygens (including phenoxy) is 1. The Morgan fingerprint density at radius 1 is 1.32 bits per heavy atom. The Labute approximate surface area is 113 Å². The van der Waals surface area contributed by atoms with Gasteiger partial charge in [0.05, 0.1) is 0 Å². The van der Waals surface area contributed by atoms with E-state index in [4.69, 9.17) is 10.5 Å². The number of hydrogen-bond acceptors (Lipinski definition) is 3. The van der Waals surface area contributed by atoms with Gasteiger partial charge in [-0.1, -0.05) is 12.8 Å². The van der Waals surface area contributed by atoms with E-state index in [0.717, 1.165) is 0 Å². The fourth-order valence-corrected chi connectivity index (χ4v) is 2.48. The second-order valence-corrected chi connectivity index (χ2v) is 6.16. The number of rotatable bonds is 4. The van der Waals surface area contributed by atoms with Crippen LogP contribution in [-0.4, -0.2) is 29.7 Å². The van der Waals surface area contributed by atoms with Gasteiger partial charge in [0.2, 0.25) is 0 Å². The van der Waals surface area contributed by atoms with Gasteiger partial charge in [0.15, 0.2) is 0 Å². The maximum absolute atomic E-state index is 14.2. The topological polar surface area (TPSA) is 64.3 Å². The molecule has 0 spiro atoms. The molecule has 1 aliphatic carbocycles. The third-order valence-corrected chi connectivity index (χ3v) is 3.36. The molecule has 6 heteroatoms. The van der Waals surface area contributed by atoms with Gasteiger partial charge in [0, 0.05) is 6.42 Å². The summed E-state index contributed by atoms with van der Waals surface area (Å²) in [5.74, 6) is -3.00. The molecule has 0 heterocycles. The fourth-order valence-electron chi connectivity index (χ4n) is 2.48. The van der Waals surface area contributed by atoms with E-state index in [1.54, 1.807) is 20.8 Å². The molecule has 112 valence electrons. The van der Waals surface area contributed by atoms with Crippen LogP contribution in [0.15, 0.2) is 0 Å². The van der Waals surface area contributed by atoms with E-state index in [-0.39, 0.29) is 19.4 Å². The minimum absolute atomic E-state index is 0.106. The molecule has 1 fully saturated rings. The van der Waals surface area contributed by atoms with Gasteiger partial charge in [-0.2, -0.15) is 0 Å². The number of nitrogens with two attached hydrogens (primary N) is 1. The van der Waals surface area contributed by atoms with Gasteiger partial charge in [-0.25, -0.2) is 13.6 Å². The first-order chi connectivity index (χ1) is 8.62. The summed E-state index contributed by atoms with van der Waals surface area (Å²) in [6.07, 6.45) is 0.666. The molecule has 3 N–H and O–H groups in total. The number of nitrogens with one attached hydrogen (secondary N) is 1. The highest BCUT2D eigenvalue weighted by molar-refractivity contribution is 5.69. The molecule has 0 bridgehead atoms. The van der Waals surface area contributed by atoms with Crippen molar-refractivity contribution in [3.05, 3.63) is 0 Å². The monoisotopic (exact) mass is 278 g/mol. The normalized spacial score (nSPS) is 19.3. The number of amides is 1. The predicted molar refractivity (Wildman–Crippen MR) is 69.2 cm³/mol. The zero-order valence-corrected chi connectivity index (χ0v) is 11.9. The molecule has 0 radical (unpaired) electrons. The SMILES string of the molecule is CC(C)(C)OC(=O)NC1(C(F)(F)CCN)CCCC1. The van der Waals surface area contributed by atoms with E-state index in [9.17, 15) is 13.6 Å². The molecule has 1 rings (SSSR count).